The normalized spacial score (nSPS) is 11.1. The Labute approximate surface area is 197 Å². The van der Waals surface area contributed by atoms with Gasteiger partial charge < -0.3 is 0 Å². The first-order chi connectivity index (χ1) is 15.5. The van der Waals surface area contributed by atoms with E-state index in [-0.39, 0.29) is 5.91 Å². The van der Waals surface area contributed by atoms with Crippen molar-refractivity contribution in [3.63, 3.8) is 0 Å². The van der Waals surface area contributed by atoms with Crippen LogP contribution in [0.5, 0.6) is 0 Å². The minimum Gasteiger partial charge on any atom is -0.284 e. The number of anilines is 1. The third-order valence-electron chi connectivity index (χ3n) is 5.24. The third-order valence-corrected chi connectivity index (χ3v) is 7.36. The number of benzene rings is 2. The predicted molar refractivity (Wildman–Crippen MR) is 136 cm³/mol. The number of amides is 1. The van der Waals surface area contributed by atoms with Crippen LogP contribution in [0.25, 0.3) is 10.2 Å². The quantitative estimate of drug-likeness (QED) is 0.216. The van der Waals surface area contributed by atoms with Gasteiger partial charge in [0.15, 0.2) is 5.13 Å². The second-order valence-corrected chi connectivity index (χ2v) is 10.2. The first kappa shape index (κ1) is 22.5. The monoisotopic (exact) mass is 461 g/mol. The molecule has 32 heavy (non-hydrogen) atoms. The lowest BCUT2D eigenvalue weighted by Gasteiger charge is -2.20. The lowest BCUT2D eigenvalue weighted by Crippen LogP contribution is -2.30. The highest BCUT2D eigenvalue weighted by atomic mass is 32.2. The summed E-state index contributed by atoms with van der Waals surface area (Å²) in [6.45, 7) is 6.74. The van der Waals surface area contributed by atoms with Crippen LogP contribution in [0.1, 0.15) is 35.1 Å². The molecule has 0 aliphatic heterocycles. The van der Waals surface area contributed by atoms with Gasteiger partial charge in [0.1, 0.15) is 0 Å². The molecule has 2 aromatic carbocycles. The van der Waals surface area contributed by atoms with Crippen LogP contribution in [0.15, 0.2) is 65.8 Å². The Morgan fingerprint density at radius 2 is 1.88 bits per heavy atom. The average Bonchev–Trinajstić information content (AvgIpc) is 3.21. The van der Waals surface area contributed by atoms with Crippen molar-refractivity contribution in [2.45, 2.75) is 45.1 Å². The number of aryl methyl sites for hydroxylation is 3. The summed E-state index contributed by atoms with van der Waals surface area (Å²) in [5.41, 5.74) is 5.60. The second kappa shape index (κ2) is 10.3. The SMILES string of the molecule is Cc1ccc(SCCCC(=O)N(Cc2cccnc2)c2nc3c(C)cc(C)cc3s2)cc1. The van der Waals surface area contributed by atoms with Crippen molar-refractivity contribution in [2.75, 3.05) is 10.7 Å². The lowest BCUT2D eigenvalue weighted by atomic mass is 10.1. The van der Waals surface area contributed by atoms with Crippen LogP contribution in [0, 0.1) is 20.8 Å². The molecular weight excluding hydrogens is 434 g/mol. The van der Waals surface area contributed by atoms with Gasteiger partial charge in [-0.05, 0) is 73.9 Å². The average molecular weight is 462 g/mol. The molecule has 0 fully saturated rings. The van der Waals surface area contributed by atoms with Crippen LogP contribution in [0.3, 0.4) is 0 Å². The molecule has 0 aliphatic rings. The number of hydrogen-bond acceptors (Lipinski definition) is 5. The summed E-state index contributed by atoms with van der Waals surface area (Å²) in [7, 11) is 0. The molecule has 0 bridgehead atoms. The Morgan fingerprint density at radius 3 is 2.62 bits per heavy atom. The van der Waals surface area contributed by atoms with Crippen molar-refractivity contribution in [1.29, 1.82) is 0 Å². The number of fused-ring (bicyclic) bond motifs is 1. The molecule has 4 aromatic rings. The van der Waals surface area contributed by atoms with Crippen molar-refractivity contribution < 1.29 is 4.79 Å². The van der Waals surface area contributed by atoms with E-state index in [2.05, 4.69) is 62.2 Å². The fourth-order valence-electron chi connectivity index (χ4n) is 3.59. The number of nitrogens with zero attached hydrogens (tertiary/aromatic N) is 3. The number of rotatable bonds is 8. The fourth-order valence-corrected chi connectivity index (χ4v) is 5.61. The van der Waals surface area contributed by atoms with E-state index in [1.807, 2.05) is 23.2 Å². The Hall–Kier alpha value is -2.70. The van der Waals surface area contributed by atoms with E-state index < -0.39 is 0 Å². The van der Waals surface area contributed by atoms with Gasteiger partial charge in [-0.1, -0.05) is 41.2 Å². The van der Waals surface area contributed by atoms with E-state index in [1.54, 1.807) is 29.3 Å². The van der Waals surface area contributed by atoms with E-state index >= 15 is 0 Å². The van der Waals surface area contributed by atoms with Gasteiger partial charge in [-0.2, -0.15) is 0 Å². The van der Waals surface area contributed by atoms with Gasteiger partial charge in [0, 0.05) is 23.7 Å². The van der Waals surface area contributed by atoms with Crippen LogP contribution in [-0.2, 0) is 11.3 Å². The molecule has 4 rings (SSSR count). The molecule has 0 saturated heterocycles. The molecule has 6 heteroatoms. The Kier molecular flexibility index (Phi) is 7.22. The van der Waals surface area contributed by atoms with Crippen molar-refractivity contribution in [3.05, 3.63) is 83.2 Å². The minimum absolute atomic E-state index is 0.104. The highest BCUT2D eigenvalue weighted by Crippen LogP contribution is 2.33. The first-order valence-electron chi connectivity index (χ1n) is 10.8. The van der Waals surface area contributed by atoms with E-state index in [0.29, 0.717) is 13.0 Å². The van der Waals surface area contributed by atoms with Crippen LogP contribution < -0.4 is 4.90 Å². The molecule has 0 unspecified atom stereocenters. The number of thiazole rings is 1. The zero-order valence-electron chi connectivity index (χ0n) is 18.7. The van der Waals surface area contributed by atoms with Gasteiger partial charge in [0.2, 0.25) is 5.91 Å². The Bertz CT molecular complexity index is 1200. The molecule has 2 aromatic heterocycles. The highest BCUT2D eigenvalue weighted by Gasteiger charge is 2.21. The van der Waals surface area contributed by atoms with Gasteiger partial charge in [0.05, 0.1) is 16.8 Å². The smallest absolute Gasteiger partial charge is 0.229 e. The number of thioether (sulfide) groups is 1. The van der Waals surface area contributed by atoms with Gasteiger partial charge >= 0.3 is 0 Å². The zero-order valence-corrected chi connectivity index (χ0v) is 20.3. The maximum atomic E-state index is 13.3. The molecule has 4 nitrogen and oxygen atoms in total. The zero-order chi connectivity index (χ0) is 22.5. The molecule has 0 atom stereocenters. The number of carbonyl (C=O) groups excluding carboxylic acids is 1. The molecule has 1 amide bonds. The van der Waals surface area contributed by atoms with E-state index in [4.69, 9.17) is 4.98 Å². The van der Waals surface area contributed by atoms with Crippen molar-refractivity contribution in [3.8, 4) is 0 Å². The standard InChI is InChI=1S/C26H27N3OS2/c1-18-8-10-22(11-9-18)31-13-5-7-24(30)29(17-21-6-4-12-27-16-21)26-28-25-20(3)14-19(2)15-23(25)32-26/h4,6,8-12,14-16H,5,7,13,17H2,1-3H3. The summed E-state index contributed by atoms with van der Waals surface area (Å²) < 4.78 is 1.12. The molecule has 0 radical (unpaired) electrons. The molecule has 0 aliphatic carbocycles. The van der Waals surface area contributed by atoms with E-state index in [0.717, 1.165) is 38.6 Å². The maximum Gasteiger partial charge on any atom is 0.229 e. The second-order valence-electron chi connectivity index (χ2n) is 8.03. The predicted octanol–water partition coefficient (Wildman–Crippen LogP) is 6.72. The third kappa shape index (κ3) is 5.56. The van der Waals surface area contributed by atoms with Gasteiger partial charge in [-0.25, -0.2) is 4.98 Å². The van der Waals surface area contributed by atoms with Gasteiger partial charge in [-0.15, -0.1) is 11.8 Å². The molecule has 0 N–H and O–H groups in total. The number of carbonyl (C=O) groups is 1. The van der Waals surface area contributed by atoms with Crippen molar-refractivity contribution >= 4 is 44.4 Å². The van der Waals surface area contributed by atoms with Crippen molar-refractivity contribution in [1.82, 2.24) is 9.97 Å². The number of pyridine rings is 1. The number of aromatic nitrogens is 2. The summed E-state index contributed by atoms with van der Waals surface area (Å²) in [6.07, 6.45) is 4.88. The van der Waals surface area contributed by atoms with E-state index in [9.17, 15) is 4.79 Å². The molecule has 164 valence electrons. The number of hydrogen-bond donors (Lipinski definition) is 0. The minimum atomic E-state index is 0.104. The topological polar surface area (TPSA) is 46.1 Å². The van der Waals surface area contributed by atoms with E-state index in [1.165, 1.54) is 16.0 Å². The van der Waals surface area contributed by atoms with Crippen LogP contribution in [0.2, 0.25) is 0 Å². The maximum absolute atomic E-state index is 13.3. The molecule has 2 heterocycles. The molecule has 0 spiro atoms. The Balaban J connectivity index is 1.49. The summed E-state index contributed by atoms with van der Waals surface area (Å²) >= 11 is 3.38. The Morgan fingerprint density at radius 1 is 1.06 bits per heavy atom. The van der Waals surface area contributed by atoms with Crippen LogP contribution in [0.4, 0.5) is 5.13 Å². The summed E-state index contributed by atoms with van der Waals surface area (Å²) in [4.78, 5) is 25.4. The molecular formula is C26H27N3OS2. The van der Waals surface area contributed by atoms with Crippen molar-refractivity contribution in [2.24, 2.45) is 0 Å². The van der Waals surface area contributed by atoms with Crippen LogP contribution >= 0.6 is 23.1 Å². The van der Waals surface area contributed by atoms with Crippen LogP contribution in [-0.4, -0.2) is 21.6 Å². The molecule has 0 saturated carbocycles. The largest absolute Gasteiger partial charge is 0.284 e. The lowest BCUT2D eigenvalue weighted by molar-refractivity contribution is -0.118. The highest BCUT2D eigenvalue weighted by molar-refractivity contribution is 7.99. The summed E-state index contributed by atoms with van der Waals surface area (Å²) in [6, 6.07) is 16.7. The fraction of sp³-hybridized carbons (Fsp3) is 0.269. The van der Waals surface area contributed by atoms with Gasteiger partial charge in [-0.3, -0.25) is 14.7 Å². The summed E-state index contributed by atoms with van der Waals surface area (Å²) in [5, 5.41) is 0.758. The first-order valence-corrected chi connectivity index (χ1v) is 12.6. The summed E-state index contributed by atoms with van der Waals surface area (Å²) in [5.74, 6) is 1.01. The van der Waals surface area contributed by atoms with Gasteiger partial charge in [0.25, 0.3) is 0 Å².